The van der Waals surface area contributed by atoms with Crippen LogP contribution in [0.3, 0.4) is 0 Å². The Labute approximate surface area is 97.6 Å². The predicted octanol–water partition coefficient (Wildman–Crippen LogP) is 1.92. The lowest BCUT2D eigenvalue weighted by Gasteiger charge is -2.19. The molecule has 0 unspecified atom stereocenters. The summed E-state index contributed by atoms with van der Waals surface area (Å²) in [5.74, 6) is 0.188. The molecule has 0 aliphatic rings. The fourth-order valence-electron chi connectivity index (χ4n) is 1.04. The molecule has 0 amide bonds. The highest BCUT2D eigenvalue weighted by Gasteiger charge is 2.27. The van der Waals surface area contributed by atoms with Gasteiger partial charge in [-0.3, -0.25) is 4.79 Å². The van der Waals surface area contributed by atoms with Crippen LogP contribution >= 0.6 is 15.9 Å². The van der Waals surface area contributed by atoms with Crippen molar-refractivity contribution in [3.8, 4) is 0 Å². The molecule has 1 rings (SSSR count). The van der Waals surface area contributed by atoms with Gasteiger partial charge in [-0.05, 0) is 15.9 Å². The molecular formula is C8H9BrF3N3O. The summed E-state index contributed by atoms with van der Waals surface area (Å²) in [6, 6.07) is 0. The molecule has 1 aromatic rings. The number of alkyl halides is 3. The van der Waals surface area contributed by atoms with Crippen molar-refractivity contribution in [1.82, 2.24) is 9.97 Å². The highest BCUT2D eigenvalue weighted by molar-refractivity contribution is 9.10. The maximum absolute atomic E-state index is 12.0. The van der Waals surface area contributed by atoms with Gasteiger partial charge in [0, 0.05) is 13.6 Å². The summed E-state index contributed by atoms with van der Waals surface area (Å²) in [7, 11) is 1.44. The maximum Gasteiger partial charge on any atom is 0.390 e. The topological polar surface area (TPSA) is 49.0 Å². The van der Waals surface area contributed by atoms with E-state index in [-0.39, 0.29) is 16.8 Å². The Bertz CT molecular complexity index is 418. The lowest BCUT2D eigenvalue weighted by Crippen LogP contribution is -2.26. The molecule has 0 saturated carbocycles. The number of nitrogens with one attached hydrogen (secondary N) is 1. The molecule has 4 nitrogen and oxygen atoms in total. The number of halogens is 4. The van der Waals surface area contributed by atoms with Gasteiger partial charge in [-0.1, -0.05) is 0 Å². The molecule has 0 aromatic carbocycles. The van der Waals surface area contributed by atoms with Crippen LogP contribution in [0.1, 0.15) is 6.42 Å². The smallest absolute Gasteiger partial charge is 0.358 e. The van der Waals surface area contributed by atoms with Gasteiger partial charge < -0.3 is 9.88 Å². The molecule has 8 heteroatoms. The molecule has 0 atom stereocenters. The van der Waals surface area contributed by atoms with Crippen LogP contribution in [0.15, 0.2) is 15.6 Å². The zero-order chi connectivity index (χ0) is 12.3. The Morgan fingerprint density at radius 2 is 2.19 bits per heavy atom. The zero-order valence-corrected chi connectivity index (χ0v) is 9.89. The van der Waals surface area contributed by atoms with E-state index in [0.717, 1.165) is 6.33 Å². The second kappa shape index (κ2) is 4.86. The van der Waals surface area contributed by atoms with E-state index in [1.165, 1.54) is 11.9 Å². The van der Waals surface area contributed by atoms with E-state index in [9.17, 15) is 18.0 Å². The molecule has 0 aliphatic heterocycles. The number of hydrogen-bond acceptors (Lipinski definition) is 3. The first kappa shape index (κ1) is 13.0. The molecule has 1 heterocycles. The lowest BCUT2D eigenvalue weighted by molar-refractivity contribution is -0.132. The third kappa shape index (κ3) is 3.51. The molecule has 0 fully saturated rings. The monoisotopic (exact) mass is 299 g/mol. The van der Waals surface area contributed by atoms with Crippen LogP contribution in [0.25, 0.3) is 0 Å². The first-order chi connectivity index (χ1) is 7.31. The fraction of sp³-hybridized carbons (Fsp3) is 0.500. The van der Waals surface area contributed by atoms with E-state index in [0.29, 0.717) is 0 Å². The average molecular weight is 300 g/mol. The van der Waals surface area contributed by atoms with Crippen molar-refractivity contribution >= 4 is 21.7 Å². The van der Waals surface area contributed by atoms with Gasteiger partial charge in [-0.2, -0.15) is 13.2 Å². The van der Waals surface area contributed by atoms with E-state index in [4.69, 9.17) is 0 Å². The van der Waals surface area contributed by atoms with E-state index >= 15 is 0 Å². The van der Waals surface area contributed by atoms with Crippen LogP contribution in [-0.2, 0) is 0 Å². The molecular weight excluding hydrogens is 291 g/mol. The SMILES string of the molecule is CN(CCC(F)(F)F)c1nc[nH]c(=O)c1Br. The quantitative estimate of drug-likeness (QED) is 0.928. The molecule has 1 N–H and O–H groups in total. The minimum Gasteiger partial charge on any atom is -0.358 e. The Kier molecular flexibility index (Phi) is 3.95. The summed E-state index contributed by atoms with van der Waals surface area (Å²) in [5.41, 5.74) is -0.427. The van der Waals surface area contributed by atoms with Crippen molar-refractivity contribution in [1.29, 1.82) is 0 Å². The molecule has 90 valence electrons. The van der Waals surface area contributed by atoms with Gasteiger partial charge in [0.25, 0.3) is 5.56 Å². The minimum absolute atomic E-state index is 0.125. The van der Waals surface area contributed by atoms with E-state index in [1.807, 2.05) is 0 Å². The first-order valence-electron chi connectivity index (χ1n) is 4.32. The molecule has 0 aliphatic carbocycles. The molecule has 16 heavy (non-hydrogen) atoms. The highest BCUT2D eigenvalue weighted by atomic mass is 79.9. The van der Waals surface area contributed by atoms with Gasteiger partial charge in [0.05, 0.1) is 12.7 Å². The normalized spacial score (nSPS) is 11.6. The van der Waals surface area contributed by atoms with Crippen molar-refractivity contribution in [3.05, 3.63) is 21.2 Å². The number of aromatic amines is 1. The number of aromatic nitrogens is 2. The minimum atomic E-state index is -4.22. The molecule has 0 radical (unpaired) electrons. The lowest BCUT2D eigenvalue weighted by atomic mass is 10.4. The molecule has 0 saturated heterocycles. The fourth-order valence-corrected chi connectivity index (χ4v) is 1.56. The third-order valence-corrected chi connectivity index (χ3v) is 2.59. The number of hydrogen-bond donors (Lipinski definition) is 1. The standard InChI is InChI=1S/C8H9BrF3N3O/c1-15(3-2-8(10,11)12)6-5(9)7(16)14-4-13-6/h4H,2-3H2,1H3,(H,13,14,16). The van der Waals surface area contributed by atoms with E-state index in [1.54, 1.807) is 0 Å². The zero-order valence-electron chi connectivity index (χ0n) is 8.31. The van der Waals surface area contributed by atoms with Gasteiger partial charge in [-0.25, -0.2) is 4.98 Å². The van der Waals surface area contributed by atoms with Crippen molar-refractivity contribution in [2.45, 2.75) is 12.6 Å². The summed E-state index contributed by atoms with van der Waals surface area (Å²) in [6.07, 6.45) is -4.03. The van der Waals surface area contributed by atoms with Crippen molar-refractivity contribution in [2.24, 2.45) is 0 Å². The summed E-state index contributed by atoms with van der Waals surface area (Å²) in [4.78, 5) is 18.5. The Morgan fingerprint density at radius 3 is 2.75 bits per heavy atom. The first-order valence-corrected chi connectivity index (χ1v) is 5.11. The van der Waals surface area contributed by atoms with Crippen LogP contribution in [0, 0.1) is 0 Å². The second-order valence-electron chi connectivity index (χ2n) is 3.16. The Morgan fingerprint density at radius 1 is 1.56 bits per heavy atom. The van der Waals surface area contributed by atoms with Crippen LogP contribution in [0.2, 0.25) is 0 Å². The van der Waals surface area contributed by atoms with Crippen molar-refractivity contribution < 1.29 is 13.2 Å². The van der Waals surface area contributed by atoms with Crippen LogP contribution in [0.5, 0.6) is 0 Å². The summed E-state index contributed by atoms with van der Waals surface area (Å²) in [5, 5.41) is 0. The highest BCUT2D eigenvalue weighted by Crippen LogP contribution is 2.22. The largest absolute Gasteiger partial charge is 0.390 e. The number of nitrogens with zero attached hydrogens (tertiary/aromatic N) is 2. The molecule has 0 bridgehead atoms. The van der Waals surface area contributed by atoms with Gasteiger partial charge in [0.1, 0.15) is 10.3 Å². The summed E-state index contributed by atoms with van der Waals surface area (Å²) >= 11 is 2.97. The van der Waals surface area contributed by atoms with Gasteiger partial charge >= 0.3 is 6.18 Å². The molecule has 0 spiro atoms. The number of rotatable bonds is 3. The van der Waals surface area contributed by atoms with Gasteiger partial charge in [0.2, 0.25) is 0 Å². The van der Waals surface area contributed by atoms with Crippen molar-refractivity contribution in [2.75, 3.05) is 18.5 Å². The number of anilines is 1. The van der Waals surface area contributed by atoms with Gasteiger partial charge in [-0.15, -0.1) is 0 Å². The maximum atomic E-state index is 12.0. The van der Waals surface area contributed by atoms with Gasteiger partial charge in [0.15, 0.2) is 0 Å². The van der Waals surface area contributed by atoms with Crippen molar-refractivity contribution in [3.63, 3.8) is 0 Å². The predicted molar refractivity (Wildman–Crippen MR) is 56.5 cm³/mol. The van der Waals surface area contributed by atoms with Crippen LogP contribution < -0.4 is 10.5 Å². The Balaban J connectivity index is 2.77. The van der Waals surface area contributed by atoms with Crippen LogP contribution in [-0.4, -0.2) is 29.7 Å². The summed E-state index contributed by atoms with van der Waals surface area (Å²) < 4.78 is 36.1. The third-order valence-electron chi connectivity index (χ3n) is 1.87. The Hall–Kier alpha value is -1.05. The van der Waals surface area contributed by atoms with E-state index < -0.39 is 18.2 Å². The van der Waals surface area contributed by atoms with Crippen LogP contribution in [0.4, 0.5) is 19.0 Å². The number of H-pyrrole nitrogens is 1. The second-order valence-corrected chi connectivity index (χ2v) is 3.95. The average Bonchev–Trinajstić information content (AvgIpc) is 2.17. The van der Waals surface area contributed by atoms with E-state index in [2.05, 4.69) is 25.9 Å². The summed E-state index contributed by atoms with van der Waals surface area (Å²) in [6.45, 7) is -0.251. The molecule has 1 aromatic heterocycles.